The second kappa shape index (κ2) is 9.90. The van der Waals surface area contributed by atoms with Crippen LogP contribution in [0.1, 0.15) is 29.6 Å². The summed E-state index contributed by atoms with van der Waals surface area (Å²) in [6.45, 7) is 0. The Hall–Kier alpha value is -2.06. The van der Waals surface area contributed by atoms with E-state index in [-0.39, 0.29) is 21.9 Å². The number of halogens is 4. The van der Waals surface area contributed by atoms with Gasteiger partial charge in [0.1, 0.15) is 0 Å². The summed E-state index contributed by atoms with van der Waals surface area (Å²) in [5.41, 5.74) is 0.916. The van der Waals surface area contributed by atoms with Crippen LogP contribution in [0, 0.1) is 0 Å². The normalized spacial score (nSPS) is 19.0. The van der Waals surface area contributed by atoms with Gasteiger partial charge >= 0.3 is 5.97 Å². The van der Waals surface area contributed by atoms with Crippen LogP contribution in [0.25, 0.3) is 0 Å². The Balaban J connectivity index is 1.99. The quantitative estimate of drug-likeness (QED) is 0.361. The van der Waals surface area contributed by atoms with Gasteiger partial charge in [-0.3, -0.25) is 0 Å². The molecule has 0 fully saturated rings. The largest absolute Gasteiger partial charge is 0.478 e. The summed E-state index contributed by atoms with van der Waals surface area (Å²) in [6.07, 6.45) is 1.65. The second-order valence-corrected chi connectivity index (χ2v) is 11.2. The van der Waals surface area contributed by atoms with Gasteiger partial charge in [0.15, 0.2) is 0 Å². The fraction of sp³-hybridized carbons (Fsp3) is 0.125. The molecule has 0 bridgehead atoms. The fourth-order valence-electron chi connectivity index (χ4n) is 4.02. The van der Waals surface area contributed by atoms with Crippen LogP contribution in [0.3, 0.4) is 0 Å². The summed E-state index contributed by atoms with van der Waals surface area (Å²) in [7, 11) is -4.22. The molecule has 0 aliphatic carbocycles. The molecule has 2 atom stereocenters. The number of hydrogen-bond acceptors (Lipinski definition) is 3. The molecular weight excluding hydrogens is 540 g/mol. The number of carbonyl (C=O) groups is 1. The van der Waals surface area contributed by atoms with Crippen LogP contribution in [0.15, 0.2) is 83.3 Å². The van der Waals surface area contributed by atoms with Crippen molar-refractivity contribution < 1.29 is 18.3 Å². The molecule has 0 radical (unpaired) electrons. The van der Waals surface area contributed by atoms with Crippen LogP contribution in [0.2, 0.25) is 20.1 Å². The van der Waals surface area contributed by atoms with Crippen LogP contribution >= 0.6 is 46.4 Å². The molecule has 0 aromatic heterocycles. The van der Waals surface area contributed by atoms with E-state index < -0.39 is 28.1 Å². The Labute approximate surface area is 217 Å². The van der Waals surface area contributed by atoms with Gasteiger partial charge in [0.05, 0.1) is 32.6 Å². The zero-order valence-electron chi connectivity index (χ0n) is 17.3. The number of hydrogen-bond donors (Lipinski definition) is 1. The molecule has 176 valence electrons. The van der Waals surface area contributed by atoms with E-state index in [4.69, 9.17) is 46.4 Å². The lowest BCUT2D eigenvalue weighted by atomic mass is 9.89. The van der Waals surface area contributed by atoms with E-state index in [1.54, 1.807) is 42.5 Å². The van der Waals surface area contributed by atoms with Gasteiger partial charge in [-0.15, -0.1) is 0 Å². The molecule has 34 heavy (non-hydrogen) atoms. The Morgan fingerprint density at radius 2 is 1.56 bits per heavy atom. The molecule has 5 nitrogen and oxygen atoms in total. The minimum Gasteiger partial charge on any atom is -0.478 e. The van der Waals surface area contributed by atoms with Crippen molar-refractivity contribution in [2.45, 2.75) is 23.4 Å². The predicted molar refractivity (Wildman–Crippen MR) is 134 cm³/mol. The molecule has 0 unspecified atom stereocenters. The number of carboxylic acids is 1. The highest BCUT2D eigenvalue weighted by Gasteiger charge is 2.44. The number of carboxylic acid groups (broad SMARTS) is 1. The van der Waals surface area contributed by atoms with E-state index >= 15 is 0 Å². The average Bonchev–Trinajstić information content (AvgIpc) is 2.80. The average molecular weight is 557 g/mol. The van der Waals surface area contributed by atoms with Crippen molar-refractivity contribution in [2.75, 3.05) is 0 Å². The first-order chi connectivity index (χ1) is 16.1. The molecule has 1 N–H and O–H groups in total. The molecule has 3 aromatic carbocycles. The van der Waals surface area contributed by atoms with Crippen LogP contribution in [-0.4, -0.2) is 23.8 Å². The van der Waals surface area contributed by atoms with Crippen molar-refractivity contribution in [1.82, 2.24) is 4.31 Å². The number of benzene rings is 3. The molecule has 0 saturated heterocycles. The first-order valence-corrected chi connectivity index (χ1v) is 13.0. The topological polar surface area (TPSA) is 74.7 Å². The predicted octanol–water partition coefficient (Wildman–Crippen LogP) is 7.19. The molecule has 0 spiro atoms. The van der Waals surface area contributed by atoms with Crippen LogP contribution in [-0.2, 0) is 14.8 Å². The minimum absolute atomic E-state index is 0.0272. The van der Waals surface area contributed by atoms with E-state index in [0.717, 1.165) is 0 Å². The van der Waals surface area contributed by atoms with E-state index in [0.29, 0.717) is 26.2 Å². The summed E-state index contributed by atoms with van der Waals surface area (Å²) in [5, 5.41) is 11.3. The molecule has 3 aromatic rings. The fourth-order valence-corrected chi connectivity index (χ4v) is 6.43. The van der Waals surface area contributed by atoms with Gasteiger partial charge in [0, 0.05) is 10.0 Å². The number of sulfonamides is 1. The summed E-state index contributed by atoms with van der Waals surface area (Å²) in [4.78, 5) is 12.2. The highest BCUT2D eigenvalue weighted by atomic mass is 35.5. The van der Waals surface area contributed by atoms with Crippen molar-refractivity contribution >= 4 is 62.4 Å². The first kappa shape index (κ1) is 25.0. The molecule has 0 amide bonds. The number of aliphatic carboxylic acids is 1. The zero-order valence-corrected chi connectivity index (χ0v) is 21.2. The Morgan fingerprint density at radius 1 is 0.853 bits per heavy atom. The maximum atomic E-state index is 14.0. The smallest absolute Gasteiger partial charge is 0.333 e. The van der Waals surface area contributed by atoms with E-state index in [9.17, 15) is 18.3 Å². The van der Waals surface area contributed by atoms with Gasteiger partial charge in [-0.2, -0.15) is 4.31 Å². The van der Waals surface area contributed by atoms with E-state index in [2.05, 4.69) is 0 Å². The highest BCUT2D eigenvalue weighted by molar-refractivity contribution is 7.89. The Kier molecular flexibility index (Phi) is 7.29. The van der Waals surface area contributed by atoms with Gasteiger partial charge < -0.3 is 5.11 Å². The lowest BCUT2D eigenvalue weighted by Gasteiger charge is -2.40. The maximum absolute atomic E-state index is 14.0. The molecule has 0 saturated carbocycles. The SMILES string of the molecule is O=C(O)C1=CC[C@@H](c2ccc(Cl)c(Cl)c2)N(S(=O)(=O)c2ccc(Cl)cc2)[C@H]1c1cccc(Cl)c1. The van der Waals surface area contributed by atoms with Gasteiger partial charge in [0.25, 0.3) is 0 Å². The number of rotatable bonds is 5. The van der Waals surface area contributed by atoms with Crippen LogP contribution < -0.4 is 0 Å². The van der Waals surface area contributed by atoms with Crippen molar-refractivity contribution in [3.8, 4) is 0 Å². The molecule has 4 rings (SSSR count). The van der Waals surface area contributed by atoms with Gasteiger partial charge in [-0.05, 0) is 66.1 Å². The third-order valence-electron chi connectivity index (χ3n) is 5.55. The minimum atomic E-state index is -4.22. The van der Waals surface area contributed by atoms with Crippen molar-refractivity contribution in [3.05, 3.63) is 110 Å². The van der Waals surface area contributed by atoms with Crippen molar-refractivity contribution in [2.24, 2.45) is 0 Å². The summed E-state index contributed by atoms with van der Waals surface area (Å²) >= 11 is 24.5. The molecule has 10 heteroatoms. The third-order valence-corrected chi connectivity index (χ3v) is 8.66. The maximum Gasteiger partial charge on any atom is 0.333 e. The molecular formula is C24H17Cl4NO4S. The van der Waals surface area contributed by atoms with Crippen molar-refractivity contribution in [3.63, 3.8) is 0 Å². The van der Waals surface area contributed by atoms with Crippen LogP contribution in [0.5, 0.6) is 0 Å². The van der Waals surface area contributed by atoms with Crippen molar-refractivity contribution in [1.29, 1.82) is 0 Å². The third kappa shape index (κ3) is 4.85. The van der Waals surface area contributed by atoms with Gasteiger partial charge in [-0.25, -0.2) is 13.2 Å². The second-order valence-electron chi connectivity index (χ2n) is 7.64. The monoisotopic (exact) mass is 555 g/mol. The standard InChI is InChI=1S/C24H17Cl4NO4S/c25-16-5-7-18(8-6-16)34(32,33)29-22(14-4-10-20(27)21(28)13-14)11-9-19(24(30)31)23(29)15-2-1-3-17(26)12-15/h1-10,12-13,22-23H,11H2,(H,30,31)/t22-,23-/m0/s1. The van der Waals surface area contributed by atoms with Gasteiger partial charge in [-0.1, -0.05) is 70.7 Å². The lowest BCUT2D eigenvalue weighted by molar-refractivity contribution is -0.133. The molecule has 1 aliphatic rings. The summed E-state index contributed by atoms with van der Waals surface area (Å²) < 4.78 is 29.3. The van der Waals surface area contributed by atoms with Crippen LogP contribution in [0.4, 0.5) is 0 Å². The highest BCUT2D eigenvalue weighted by Crippen LogP contribution is 2.46. The first-order valence-electron chi connectivity index (χ1n) is 10.0. The molecule has 1 heterocycles. The summed E-state index contributed by atoms with van der Waals surface area (Å²) in [6, 6.07) is 15.1. The number of nitrogens with zero attached hydrogens (tertiary/aromatic N) is 1. The van der Waals surface area contributed by atoms with E-state index in [1.165, 1.54) is 34.6 Å². The Morgan fingerprint density at radius 3 is 2.18 bits per heavy atom. The lowest BCUT2D eigenvalue weighted by Crippen LogP contribution is -2.42. The zero-order chi connectivity index (χ0) is 24.6. The Bertz CT molecular complexity index is 1390. The van der Waals surface area contributed by atoms with Gasteiger partial charge in [0.2, 0.25) is 10.0 Å². The summed E-state index contributed by atoms with van der Waals surface area (Å²) in [5.74, 6) is -1.23. The van der Waals surface area contributed by atoms with E-state index in [1.807, 2.05) is 0 Å². The molecule has 1 aliphatic heterocycles.